The molecule has 0 spiro atoms. The Hall–Kier alpha value is -2.60. The van der Waals surface area contributed by atoms with E-state index in [0.29, 0.717) is 5.69 Å². The summed E-state index contributed by atoms with van der Waals surface area (Å²) in [5, 5.41) is 8.96. The summed E-state index contributed by atoms with van der Waals surface area (Å²) in [7, 11) is 0. The molecule has 4 aromatic rings. The molecule has 0 bridgehead atoms. The van der Waals surface area contributed by atoms with E-state index < -0.39 is 0 Å². The first-order valence-electron chi connectivity index (χ1n) is 6.60. The van der Waals surface area contributed by atoms with Crippen LogP contribution < -0.4 is 5.73 Å². The van der Waals surface area contributed by atoms with Crippen LogP contribution in [-0.4, -0.2) is 20.2 Å². The molecule has 3 aromatic heterocycles. The highest BCUT2D eigenvalue weighted by atomic mass is 32.1. The van der Waals surface area contributed by atoms with Gasteiger partial charge in [0.15, 0.2) is 0 Å². The van der Waals surface area contributed by atoms with Crippen LogP contribution in [0.5, 0.6) is 0 Å². The molecule has 0 saturated heterocycles. The van der Waals surface area contributed by atoms with E-state index in [1.807, 2.05) is 18.2 Å². The number of H-pyrrole nitrogens is 2. The molecular formula is C15H13N5S. The van der Waals surface area contributed by atoms with Crippen LogP contribution in [0.25, 0.3) is 22.3 Å². The maximum atomic E-state index is 5.89. The topological polar surface area (TPSA) is 83.4 Å². The number of imidazole rings is 1. The van der Waals surface area contributed by atoms with Crippen LogP contribution in [-0.2, 0) is 6.42 Å². The number of rotatable bonds is 3. The predicted molar refractivity (Wildman–Crippen MR) is 85.2 cm³/mol. The molecule has 0 aliphatic carbocycles. The Kier molecular flexibility index (Phi) is 2.75. The van der Waals surface area contributed by atoms with E-state index in [9.17, 15) is 0 Å². The van der Waals surface area contributed by atoms with Gasteiger partial charge in [-0.05, 0) is 23.6 Å². The molecule has 0 amide bonds. The maximum absolute atomic E-state index is 5.89. The molecule has 0 atom stereocenters. The number of hydrogen-bond donors (Lipinski definition) is 3. The molecule has 0 fully saturated rings. The van der Waals surface area contributed by atoms with E-state index >= 15 is 0 Å². The van der Waals surface area contributed by atoms with Gasteiger partial charge in [0.25, 0.3) is 0 Å². The first kappa shape index (κ1) is 12.2. The van der Waals surface area contributed by atoms with Crippen molar-refractivity contribution < 1.29 is 0 Å². The Balaban J connectivity index is 1.73. The van der Waals surface area contributed by atoms with Gasteiger partial charge in [0.1, 0.15) is 5.82 Å². The Morgan fingerprint density at radius 1 is 1.24 bits per heavy atom. The summed E-state index contributed by atoms with van der Waals surface area (Å²) in [6.45, 7) is 0. The smallest absolute Gasteiger partial charge is 0.112 e. The van der Waals surface area contributed by atoms with Crippen molar-refractivity contribution in [2.24, 2.45) is 0 Å². The lowest BCUT2D eigenvalue weighted by atomic mass is 10.1. The number of aromatic amines is 2. The number of nitrogens with one attached hydrogen (secondary N) is 2. The van der Waals surface area contributed by atoms with Crippen LogP contribution in [0.4, 0.5) is 5.69 Å². The predicted octanol–water partition coefficient (Wildman–Crippen LogP) is 3.19. The van der Waals surface area contributed by atoms with Crippen molar-refractivity contribution in [1.29, 1.82) is 0 Å². The lowest BCUT2D eigenvalue weighted by molar-refractivity contribution is 1.06. The fourth-order valence-electron chi connectivity index (χ4n) is 2.41. The highest BCUT2D eigenvalue weighted by Crippen LogP contribution is 2.26. The zero-order valence-corrected chi connectivity index (χ0v) is 11.9. The molecule has 0 unspecified atom stereocenters. The number of anilines is 1. The van der Waals surface area contributed by atoms with Crippen LogP contribution in [0.1, 0.15) is 10.7 Å². The van der Waals surface area contributed by atoms with Gasteiger partial charge in [0.05, 0.1) is 28.6 Å². The Morgan fingerprint density at radius 2 is 2.19 bits per heavy atom. The molecule has 3 heterocycles. The SMILES string of the molecule is Nc1cn[nH]c1-c1ccc2nc(Cc3cccs3)[nH]c2c1. The summed E-state index contributed by atoms with van der Waals surface area (Å²) in [5.74, 6) is 0.974. The second-order valence-electron chi connectivity index (χ2n) is 4.87. The minimum absolute atomic E-state index is 0.646. The minimum atomic E-state index is 0.646. The van der Waals surface area contributed by atoms with Crippen molar-refractivity contribution in [3.05, 3.63) is 52.6 Å². The van der Waals surface area contributed by atoms with Crippen molar-refractivity contribution in [3.63, 3.8) is 0 Å². The summed E-state index contributed by atoms with van der Waals surface area (Å²) in [6, 6.07) is 10.2. The molecule has 0 saturated carbocycles. The number of hydrogen-bond acceptors (Lipinski definition) is 4. The van der Waals surface area contributed by atoms with Gasteiger partial charge >= 0.3 is 0 Å². The summed E-state index contributed by atoms with van der Waals surface area (Å²) in [4.78, 5) is 9.30. The Morgan fingerprint density at radius 3 is 2.95 bits per heavy atom. The molecular weight excluding hydrogens is 282 g/mol. The standard InChI is InChI=1S/C15H13N5S/c16-11-8-17-20-15(11)9-3-4-12-13(6-9)19-14(18-12)7-10-2-1-5-21-10/h1-6,8H,7,16H2,(H,17,20)(H,18,19). The van der Waals surface area contributed by atoms with E-state index in [4.69, 9.17) is 5.73 Å². The van der Waals surface area contributed by atoms with Gasteiger partial charge in [0, 0.05) is 16.9 Å². The molecule has 0 aliphatic rings. The second kappa shape index (κ2) is 4.75. The Bertz CT molecular complexity index is 888. The maximum Gasteiger partial charge on any atom is 0.112 e. The zero-order chi connectivity index (χ0) is 14.2. The third-order valence-electron chi connectivity index (χ3n) is 3.41. The lowest BCUT2D eigenvalue weighted by Gasteiger charge is -1.98. The van der Waals surface area contributed by atoms with Crippen LogP contribution in [0.3, 0.4) is 0 Å². The molecule has 0 aliphatic heterocycles. The normalized spacial score (nSPS) is 11.2. The lowest BCUT2D eigenvalue weighted by Crippen LogP contribution is -1.86. The highest BCUT2D eigenvalue weighted by molar-refractivity contribution is 7.09. The number of nitrogens with zero attached hydrogens (tertiary/aromatic N) is 2. The molecule has 0 radical (unpaired) electrons. The summed E-state index contributed by atoms with van der Waals surface area (Å²) in [6.07, 6.45) is 2.45. The third-order valence-corrected chi connectivity index (χ3v) is 4.29. The minimum Gasteiger partial charge on any atom is -0.396 e. The zero-order valence-electron chi connectivity index (χ0n) is 11.1. The molecule has 5 nitrogen and oxygen atoms in total. The number of nitrogens with two attached hydrogens (primary N) is 1. The average molecular weight is 295 g/mol. The monoisotopic (exact) mass is 295 g/mol. The van der Waals surface area contributed by atoms with Gasteiger partial charge in [-0.3, -0.25) is 5.10 Å². The van der Waals surface area contributed by atoms with Gasteiger partial charge < -0.3 is 10.7 Å². The number of fused-ring (bicyclic) bond motifs is 1. The third kappa shape index (κ3) is 2.19. The summed E-state index contributed by atoms with van der Waals surface area (Å²) >= 11 is 1.74. The number of thiophene rings is 1. The van der Waals surface area contributed by atoms with Gasteiger partial charge in [0.2, 0.25) is 0 Å². The van der Waals surface area contributed by atoms with E-state index in [1.54, 1.807) is 17.5 Å². The highest BCUT2D eigenvalue weighted by Gasteiger charge is 2.09. The summed E-state index contributed by atoms with van der Waals surface area (Å²) in [5.41, 5.74) is 10.4. The van der Waals surface area contributed by atoms with Crippen molar-refractivity contribution >= 4 is 28.1 Å². The molecule has 21 heavy (non-hydrogen) atoms. The average Bonchev–Trinajstić information content (AvgIpc) is 3.18. The largest absolute Gasteiger partial charge is 0.396 e. The number of nitrogen functional groups attached to an aromatic ring is 1. The Labute approximate surface area is 124 Å². The summed E-state index contributed by atoms with van der Waals surface area (Å²) < 4.78 is 0. The molecule has 6 heteroatoms. The van der Waals surface area contributed by atoms with Crippen LogP contribution in [0, 0.1) is 0 Å². The molecule has 4 N–H and O–H groups in total. The molecule has 1 aromatic carbocycles. The fraction of sp³-hybridized carbons (Fsp3) is 0.0667. The van der Waals surface area contributed by atoms with Crippen molar-refractivity contribution in [3.8, 4) is 11.3 Å². The van der Waals surface area contributed by atoms with Crippen molar-refractivity contribution in [2.45, 2.75) is 6.42 Å². The van der Waals surface area contributed by atoms with Gasteiger partial charge in [-0.1, -0.05) is 12.1 Å². The van der Waals surface area contributed by atoms with E-state index in [-0.39, 0.29) is 0 Å². The molecule has 104 valence electrons. The van der Waals surface area contributed by atoms with Crippen LogP contribution in [0.15, 0.2) is 41.9 Å². The first-order valence-corrected chi connectivity index (χ1v) is 7.48. The number of benzene rings is 1. The van der Waals surface area contributed by atoms with Crippen molar-refractivity contribution in [1.82, 2.24) is 20.2 Å². The second-order valence-corrected chi connectivity index (χ2v) is 5.90. The van der Waals surface area contributed by atoms with Crippen LogP contribution in [0.2, 0.25) is 0 Å². The van der Waals surface area contributed by atoms with E-state index in [2.05, 4.69) is 37.7 Å². The number of aromatic nitrogens is 4. The van der Waals surface area contributed by atoms with E-state index in [0.717, 1.165) is 34.5 Å². The van der Waals surface area contributed by atoms with Crippen LogP contribution >= 0.6 is 11.3 Å². The van der Waals surface area contributed by atoms with Crippen molar-refractivity contribution in [2.75, 3.05) is 5.73 Å². The fourth-order valence-corrected chi connectivity index (χ4v) is 3.12. The van der Waals surface area contributed by atoms with Gasteiger partial charge in [-0.15, -0.1) is 11.3 Å². The molecule has 4 rings (SSSR count). The van der Waals surface area contributed by atoms with Gasteiger partial charge in [-0.2, -0.15) is 5.10 Å². The first-order chi connectivity index (χ1) is 10.3. The quantitative estimate of drug-likeness (QED) is 0.543. The van der Waals surface area contributed by atoms with E-state index in [1.165, 1.54) is 4.88 Å². The van der Waals surface area contributed by atoms with Gasteiger partial charge in [-0.25, -0.2) is 4.98 Å².